The molecule has 0 atom stereocenters. The molecule has 0 aliphatic rings. The minimum Gasteiger partial charge on any atom is -0.269 e. The summed E-state index contributed by atoms with van der Waals surface area (Å²) in [6, 6.07) is 5.66. The molecule has 0 aliphatic heterocycles. The van der Waals surface area contributed by atoms with Crippen LogP contribution in [0.25, 0.3) is 0 Å². The van der Waals surface area contributed by atoms with Gasteiger partial charge in [-0.3, -0.25) is 4.57 Å². The average molecular weight is 142 g/mol. The molecule has 1 rings (SSSR count). The van der Waals surface area contributed by atoms with E-state index in [1.165, 1.54) is 18.2 Å². The van der Waals surface area contributed by atoms with Crippen LogP contribution in [0.2, 0.25) is 0 Å². The van der Waals surface area contributed by atoms with Crippen molar-refractivity contribution in [2.45, 2.75) is 0 Å². The Morgan fingerprint density at radius 1 is 1.44 bits per heavy atom. The number of hydrogen-bond acceptors (Lipinski definition) is 1. The number of rotatable bonds is 1. The summed E-state index contributed by atoms with van der Waals surface area (Å²) in [4.78, 5) is 0. The number of benzene rings is 1. The number of halogens is 1. The van der Waals surface area contributed by atoms with Crippen LogP contribution in [0, 0.1) is 5.82 Å². The van der Waals surface area contributed by atoms with Crippen molar-refractivity contribution in [3.05, 3.63) is 30.1 Å². The zero-order chi connectivity index (χ0) is 6.69. The predicted molar refractivity (Wildman–Crippen MR) is 33.6 cm³/mol. The van der Waals surface area contributed by atoms with Gasteiger partial charge in [0.15, 0.2) is 8.46 Å². The Hall–Kier alpha value is -0.750. The topological polar surface area (TPSA) is 17.1 Å². The van der Waals surface area contributed by atoms with Crippen LogP contribution in [-0.2, 0) is 4.57 Å². The Balaban J connectivity index is 3.07. The van der Waals surface area contributed by atoms with Gasteiger partial charge in [-0.25, -0.2) is 4.39 Å². The second-order valence-corrected chi connectivity index (χ2v) is 2.27. The van der Waals surface area contributed by atoms with Gasteiger partial charge in [0.1, 0.15) is 5.82 Å². The van der Waals surface area contributed by atoms with Crippen molar-refractivity contribution in [1.29, 1.82) is 0 Å². The lowest BCUT2D eigenvalue weighted by atomic mass is 10.4. The zero-order valence-corrected chi connectivity index (χ0v) is 5.44. The zero-order valence-electron chi connectivity index (χ0n) is 4.54. The maximum Gasteiger partial charge on any atom is 0.192 e. The van der Waals surface area contributed by atoms with Crippen LogP contribution in [0.15, 0.2) is 24.3 Å². The molecule has 1 aromatic carbocycles. The largest absolute Gasteiger partial charge is 0.269 e. The van der Waals surface area contributed by atoms with E-state index in [4.69, 9.17) is 0 Å². The first kappa shape index (κ1) is 6.37. The standard InChI is InChI=1S/C6H4FOP/c7-5-2-1-3-6(4-5)9-8/h1-4H. The molecule has 1 nitrogen and oxygen atoms in total. The van der Waals surface area contributed by atoms with Crippen molar-refractivity contribution in [3.8, 4) is 0 Å². The molecule has 0 N–H and O–H groups in total. The minimum atomic E-state index is -0.351. The van der Waals surface area contributed by atoms with Crippen LogP contribution in [0.3, 0.4) is 0 Å². The molecule has 3 heteroatoms. The van der Waals surface area contributed by atoms with Crippen LogP contribution < -0.4 is 5.30 Å². The van der Waals surface area contributed by atoms with E-state index in [2.05, 4.69) is 0 Å². The van der Waals surface area contributed by atoms with E-state index in [9.17, 15) is 8.96 Å². The lowest BCUT2D eigenvalue weighted by Crippen LogP contribution is -1.89. The highest BCUT2D eigenvalue weighted by atomic mass is 31.1. The summed E-state index contributed by atoms with van der Waals surface area (Å²) in [5.41, 5.74) is 0. The van der Waals surface area contributed by atoms with Crippen LogP contribution in [-0.4, -0.2) is 0 Å². The van der Waals surface area contributed by atoms with E-state index < -0.39 is 0 Å². The quantitative estimate of drug-likeness (QED) is 0.546. The lowest BCUT2D eigenvalue weighted by Gasteiger charge is -1.85. The van der Waals surface area contributed by atoms with Gasteiger partial charge in [-0.05, 0) is 18.2 Å². The summed E-state index contributed by atoms with van der Waals surface area (Å²) in [6.45, 7) is 0. The predicted octanol–water partition coefficient (Wildman–Crippen LogP) is 1.74. The second kappa shape index (κ2) is 2.70. The fourth-order valence-corrected chi connectivity index (χ4v) is 0.856. The summed E-state index contributed by atoms with van der Waals surface area (Å²) in [7, 11) is -0.135. The maximum atomic E-state index is 12.2. The molecule has 1 aromatic rings. The van der Waals surface area contributed by atoms with Gasteiger partial charge in [0.2, 0.25) is 0 Å². The third-order valence-corrected chi connectivity index (χ3v) is 1.40. The van der Waals surface area contributed by atoms with Gasteiger partial charge in [0.25, 0.3) is 0 Å². The summed E-state index contributed by atoms with van der Waals surface area (Å²) in [6.07, 6.45) is 0. The first-order valence-corrected chi connectivity index (χ1v) is 3.23. The fourth-order valence-electron chi connectivity index (χ4n) is 0.533. The van der Waals surface area contributed by atoms with Crippen LogP contribution in [0.4, 0.5) is 4.39 Å². The number of hydrogen-bond donors (Lipinski definition) is 0. The van der Waals surface area contributed by atoms with Gasteiger partial charge >= 0.3 is 0 Å². The molecule has 0 spiro atoms. The SMILES string of the molecule is O=Pc1cccc(F)c1. The smallest absolute Gasteiger partial charge is 0.192 e. The van der Waals surface area contributed by atoms with Crippen molar-refractivity contribution in [2.24, 2.45) is 0 Å². The summed E-state index contributed by atoms with van der Waals surface area (Å²) < 4.78 is 22.3. The Kier molecular flexibility index (Phi) is 1.91. The van der Waals surface area contributed by atoms with Crippen molar-refractivity contribution >= 4 is 13.8 Å². The van der Waals surface area contributed by atoms with Crippen molar-refractivity contribution < 1.29 is 8.96 Å². The van der Waals surface area contributed by atoms with E-state index in [-0.39, 0.29) is 14.3 Å². The maximum absolute atomic E-state index is 12.2. The molecular formula is C6H4FOP. The van der Waals surface area contributed by atoms with Crippen molar-refractivity contribution in [2.75, 3.05) is 0 Å². The molecule has 0 bridgehead atoms. The molecule has 0 radical (unpaired) electrons. The highest BCUT2D eigenvalue weighted by Crippen LogP contribution is 1.98. The molecule has 0 aromatic heterocycles. The van der Waals surface area contributed by atoms with Crippen LogP contribution in [0.1, 0.15) is 0 Å². The normalized spacial score (nSPS) is 9.89. The second-order valence-electron chi connectivity index (χ2n) is 1.57. The molecule has 0 fully saturated rings. The lowest BCUT2D eigenvalue weighted by molar-refractivity contribution is 0.602. The summed E-state index contributed by atoms with van der Waals surface area (Å²) in [5, 5.41) is 0.468. The van der Waals surface area contributed by atoms with Crippen LogP contribution in [0.5, 0.6) is 0 Å². The minimum absolute atomic E-state index is 0.135. The van der Waals surface area contributed by atoms with Gasteiger partial charge in [-0.15, -0.1) is 0 Å². The molecule has 46 valence electrons. The molecule has 0 heterocycles. The first-order chi connectivity index (χ1) is 4.33. The molecule has 0 aliphatic carbocycles. The third-order valence-electron chi connectivity index (χ3n) is 0.914. The van der Waals surface area contributed by atoms with Gasteiger partial charge < -0.3 is 0 Å². The van der Waals surface area contributed by atoms with Crippen molar-refractivity contribution in [3.63, 3.8) is 0 Å². The highest BCUT2D eigenvalue weighted by molar-refractivity contribution is 7.34. The monoisotopic (exact) mass is 142 g/mol. The van der Waals surface area contributed by atoms with Gasteiger partial charge in [0, 0.05) is 5.30 Å². The summed E-state index contributed by atoms with van der Waals surface area (Å²) in [5.74, 6) is -0.351. The Labute approximate surface area is 53.7 Å². The molecule has 0 saturated carbocycles. The van der Waals surface area contributed by atoms with Gasteiger partial charge in [0.05, 0.1) is 0 Å². The van der Waals surface area contributed by atoms with E-state index in [0.717, 1.165) is 0 Å². The van der Waals surface area contributed by atoms with Crippen molar-refractivity contribution in [1.82, 2.24) is 0 Å². The fraction of sp³-hybridized carbons (Fsp3) is 0. The Morgan fingerprint density at radius 2 is 2.22 bits per heavy atom. The Morgan fingerprint density at radius 3 is 2.67 bits per heavy atom. The third kappa shape index (κ3) is 1.58. The molecular weight excluding hydrogens is 138 g/mol. The highest BCUT2D eigenvalue weighted by Gasteiger charge is 1.90. The first-order valence-electron chi connectivity index (χ1n) is 2.42. The van der Waals surface area contributed by atoms with Gasteiger partial charge in [-0.2, -0.15) is 0 Å². The van der Waals surface area contributed by atoms with Gasteiger partial charge in [-0.1, -0.05) is 6.07 Å². The molecule has 0 saturated heterocycles. The summed E-state index contributed by atoms with van der Waals surface area (Å²) >= 11 is 0. The van der Waals surface area contributed by atoms with E-state index in [0.29, 0.717) is 5.30 Å². The molecule has 0 amide bonds. The van der Waals surface area contributed by atoms with Crippen LogP contribution >= 0.6 is 8.46 Å². The average Bonchev–Trinajstić information content (AvgIpc) is 1.88. The molecule has 9 heavy (non-hydrogen) atoms. The van der Waals surface area contributed by atoms with E-state index in [1.807, 2.05) is 0 Å². The Bertz CT molecular complexity index is 224. The van der Waals surface area contributed by atoms with E-state index in [1.54, 1.807) is 6.07 Å². The van der Waals surface area contributed by atoms with E-state index >= 15 is 0 Å². The molecule has 0 unspecified atom stereocenters.